The number of ether oxygens (including phenoxy) is 1. The molecule has 0 heterocycles. The molecule has 5 heteroatoms. The quantitative estimate of drug-likeness (QED) is 0.765. The summed E-state index contributed by atoms with van der Waals surface area (Å²) in [6.45, 7) is 2.34. The monoisotopic (exact) mass is 279 g/mol. The molecule has 1 rings (SSSR count). The molecule has 0 aliphatic carbocycles. The lowest BCUT2D eigenvalue weighted by Crippen LogP contribution is -2.18. The Kier molecular flexibility index (Phi) is 6.73. The molecule has 1 amide bonds. The van der Waals surface area contributed by atoms with E-state index in [9.17, 15) is 9.59 Å². The van der Waals surface area contributed by atoms with E-state index < -0.39 is 5.97 Å². The number of nitrogens with one attached hydrogen (secondary N) is 1. The second-order valence-corrected chi connectivity index (χ2v) is 4.86. The summed E-state index contributed by atoms with van der Waals surface area (Å²) < 4.78 is 5.04. The van der Waals surface area contributed by atoms with Gasteiger partial charge in [0.1, 0.15) is 0 Å². The zero-order chi connectivity index (χ0) is 15.0. The zero-order valence-corrected chi connectivity index (χ0v) is 11.9. The van der Waals surface area contributed by atoms with Crippen LogP contribution >= 0.6 is 0 Å². The molecule has 0 aliphatic rings. The lowest BCUT2D eigenvalue weighted by atomic mass is 10.0. The third kappa shape index (κ3) is 5.84. The van der Waals surface area contributed by atoms with Crippen LogP contribution in [0.3, 0.4) is 0 Å². The molecule has 1 aromatic rings. The number of methoxy groups -OCH3 is 1. The topological polar surface area (TPSA) is 75.6 Å². The van der Waals surface area contributed by atoms with Gasteiger partial charge < -0.3 is 15.2 Å². The van der Waals surface area contributed by atoms with Gasteiger partial charge in [-0.3, -0.25) is 9.59 Å². The van der Waals surface area contributed by atoms with Crippen LogP contribution in [0.15, 0.2) is 24.3 Å². The second-order valence-electron chi connectivity index (χ2n) is 4.86. The maximum atomic E-state index is 11.9. The van der Waals surface area contributed by atoms with Gasteiger partial charge in [0.25, 0.3) is 0 Å². The van der Waals surface area contributed by atoms with Gasteiger partial charge in [0.2, 0.25) is 5.91 Å². The van der Waals surface area contributed by atoms with E-state index in [1.807, 2.05) is 24.3 Å². The van der Waals surface area contributed by atoms with Gasteiger partial charge in [-0.2, -0.15) is 0 Å². The molecule has 0 saturated carbocycles. The predicted octanol–water partition coefficient (Wildman–Crippen LogP) is 2.31. The Hall–Kier alpha value is -1.88. The van der Waals surface area contributed by atoms with Crippen molar-refractivity contribution >= 4 is 17.6 Å². The molecule has 0 bridgehead atoms. The maximum absolute atomic E-state index is 11.9. The molecule has 1 unspecified atom stereocenters. The predicted molar refractivity (Wildman–Crippen MR) is 76.7 cm³/mol. The van der Waals surface area contributed by atoms with Gasteiger partial charge in [-0.1, -0.05) is 25.1 Å². The number of carboxylic acid groups (broad SMARTS) is 1. The van der Waals surface area contributed by atoms with Crippen molar-refractivity contribution in [3.05, 3.63) is 29.8 Å². The van der Waals surface area contributed by atoms with Crippen LogP contribution < -0.4 is 5.32 Å². The van der Waals surface area contributed by atoms with Gasteiger partial charge >= 0.3 is 5.97 Å². The molecule has 1 aromatic carbocycles. The van der Waals surface area contributed by atoms with E-state index in [1.54, 1.807) is 14.0 Å². The number of anilines is 1. The molecule has 5 nitrogen and oxygen atoms in total. The van der Waals surface area contributed by atoms with Crippen molar-refractivity contribution in [1.29, 1.82) is 0 Å². The number of carbonyl (C=O) groups is 2. The van der Waals surface area contributed by atoms with Crippen LogP contribution in [0.5, 0.6) is 0 Å². The van der Waals surface area contributed by atoms with Crippen molar-refractivity contribution in [2.45, 2.75) is 26.2 Å². The number of carboxylic acids is 1. The fourth-order valence-corrected chi connectivity index (χ4v) is 1.96. The molecule has 1 atom stereocenters. The zero-order valence-electron chi connectivity index (χ0n) is 11.9. The number of para-hydroxylation sites is 1. The first-order chi connectivity index (χ1) is 9.52. The van der Waals surface area contributed by atoms with E-state index in [4.69, 9.17) is 9.84 Å². The first-order valence-electron chi connectivity index (χ1n) is 6.61. The van der Waals surface area contributed by atoms with Gasteiger partial charge in [-0.25, -0.2) is 0 Å². The van der Waals surface area contributed by atoms with Crippen LogP contribution in [0.2, 0.25) is 0 Å². The SMILES string of the molecule is COCCc1ccccc1NC(=O)CC(C)CC(=O)O. The lowest BCUT2D eigenvalue weighted by Gasteiger charge is -2.12. The van der Waals surface area contributed by atoms with Crippen molar-refractivity contribution in [3.63, 3.8) is 0 Å². The van der Waals surface area contributed by atoms with Crippen LogP contribution in [-0.4, -0.2) is 30.7 Å². The Morgan fingerprint density at radius 2 is 2.00 bits per heavy atom. The molecule has 2 N–H and O–H groups in total. The van der Waals surface area contributed by atoms with Gasteiger partial charge in [-0.15, -0.1) is 0 Å². The molecule has 20 heavy (non-hydrogen) atoms. The average molecular weight is 279 g/mol. The Morgan fingerprint density at radius 1 is 1.30 bits per heavy atom. The fourth-order valence-electron chi connectivity index (χ4n) is 1.96. The highest BCUT2D eigenvalue weighted by Crippen LogP contribution is 2.17. The van der Waals surface area contributed by atoms with Gasteiger partial charge in [0, 0.05) is 25.6 Å². The molecule has 0 fully saturated rings. The summed E-state index contributed by atoms with van der Waals surface area (Å²) in [5.41, 5.74) is 1.77. The normalized spacial score (nSPS) is 11.9. The minimum absolute atomic E-state index is 0.00125. The van der Waals surface area contributed by atoms with E-state index in [0.29, 0.717) is 6.61 Å². The van der Waals surface area contributed by atoms with E-state index in [0.717, 1.165) is 17.7 Å². The van der Waals surface area contributed by atoms with Crippen LogP contribution in [0.4, 0.5) is 5.69 Å². The van der Waals surface area contributed by atoms with E-state index in [1.165, 1.54) is 0 Å². The van der Waals surface area contributed by atoms with Crippen molar-refractivity contribution in [2.24, 2.45) is 5.92 Å². The molecular weight excluding hydrogens is 258 g/mol. The summed E-state index contributed by atoms with van der Waals surface area (Å²) in [5, 5.41) is 11.5. The number of benzene rings is 1. The summed E-state index contributed by atoms with van der Waals surface area (Å²) in [6, 6.07) is 7.54. The Balaban J connectivity index is 2.59. The third-order valence-corrected chi connectivity index (χ3v) is 2.92. The third-order valence-electron chi connectivity index (χ3n) is 2.92. The average Bonchev–Trinajstić information content (AvgIpc) is 2.36. The highest BCUT2D eigenvalue weighted by atomic mass is 16.5. The van der Waals surface area contributed by atoms with Crippen LogP contribution in [0.1, 0.15) is 25.3 Å². The number of hydrogen-bond acceptors (Lipinski definition) is 3. The number of carbonyl (C=O) groups excluding carboxylic acids is 1. The smallest absolute Gasteiger partial charge is 0.303 e. The first-order valence-corrected chi connectivity index (χ1v) is 6.61. The van der Waals surface area contributed by atoms with Crippen molar-refractivity contribution in [3.8, 4) is 0 Å². The van der Waals surface area contributed by atoms with Crippen LogP contribution in [-0.2, 0) is 20.7 Å². The van der Waals surface area contributed by atoms with Gasteiger partial charge in [0.15, 0.2) is 0 Å². The number of aliphatic carboxylic acids is 1. The molecule has 0 aromatic heterocycles. The molecule has 110 valence electrons. The van der Waals surface area contributed by atoms with Crippen LogP contribution in [0, 0.1) is 5.92 Å². The van der Waals surface area contributed by atoms with Crippen molar-refractivity contribution < 1.29 is 19.4 Å². The number of rotatable bonds is 8. The van der Waals surface area contributed by atoms with Crippen molar-refractivity contribution in [2.75, 3.05) is 19.0 Å². The summed E-state index contributed by atoms with van der Waals surface area (Å²) in [5.74, 6) is -1.23. The van der Waals surface area contributed by atoms with E-state index in [2.05, 4.69) is 5.32 Å². The second kappa shape index (κ2) is 8.32. The summed E-state index contributed by atoms with van der Waals surface area (Å²) in [4.78, 5) is 22.5. The standard InChI is InChI=1S/C15H21NO4/c1-11(10-15(18)19)9-14(17)16-13-6-4-3-5-12(13)7-8-20-2/h3-6,11H,7-10H2,1-2H3,(H,16,17)(H,18,19). The Labute approximate surface area is 118 Å². The fraction of sp³-hybridized carbons (Fsp3) is 0.467. The summed E-state index contributed by atoms with van der Waals surface area (Å²) in [6.07, 6.45) is 0.918. The number of hydrogen-bond donors (Lipinski definition) is 2. The molecule has 0 saturated heterocycles. The van der Waals surface area contributed by atoms with E-state index >= 15 is 0 Å². The highest BCUT2D eigenvalue weighted by Gasteiger charge is 2.13. The van der Waals surface area contributed by atoms with Gasteiger partial charge in [-0.05, 0) is 24.0 Å². The Morgan fingerprint density at radius 3 is 2.65 bits per heavy atom. The maximum Gasteiger partial charge on any atom is 0.303 e. The molecule has 0 spiro atoms. The molecule has 0 aliphatic heterocycles. The first kappa shape index (κ1) is 16.2. The highest BCUT2D eigenvalue weighted by molar-refractivity contribution is 5.91. The molecular formula is C15H21NO4. The summed E-state index contributed by atoms with van der Waals surface area (Å²) >= 11 is 0. The van der Waals surface area contributed by atoms with Crippen molar-refractivity contribution in [1.82, 2.24) is 0 Å². The minimum atomic E-state index is -0.884. The Bertz CT molecular complexity index is 459. The van der Waals surface area contributed by atoms with Crippen LogP contribution in [0.25, 0.3) is 0 Å². The number of amides is 1. The largest absolute Gasteiger partial charge is 0.481 e. The lowest BCUT2D eigenvalue weighted by molar-refractivity contribution is -0.138. The van der Waals surface area contributed by atoms with E-state index in [-0.39, 0.29) is 24.7 Å². The van der Waals surface area contributed by atoms with Gasteiger partial charge in [0.05, 0.1) is 6.61 Å². The minimum Gasteiger partial charge on any atom is -0.481 e. The summed E-state index contributed by atoms with van der Waals surface area (Å²) in [7, 11) is 1.63. The molecule has 0 radical (unpaired) electrons.